The lowest BCUT2D eigenvalue weighted by atomic mass is 10.2. The molecule has 0 radical (unpaired) electrons. The van der Waals surface area contributed by atoms with Crippen molar-refractivity contribution in [3.63, 3.8) is 0 Å². The molecule has 15 heavy (non-hydrogen) atoms. The third-order valence-corrected chi connectivity index (χ3v) is 4.01. The van der Waals surface area contributed by atoms with Crippen LogP contribution in [0.2, 0.25) is 10.0 Å². The van der Waals surface area contributed by atoms with Crippen molar-refractivity contribution in [3.8, 4) is 0 Å². The van der Waals surface area contributed by atoms with Crippen LogP contribution in [-0.2, 0) is 9.05 Å². The van der Waals surface area contributed by atoms with Gasteiger partial charge in [0.25, 0.3) is 14.3 Å². The van der Waals surface area contributed by atoms with Crippen LogP contribution in [0.4, 0.5) is 0 Å². The second kappa shape index (κ2) is 4.47. The molecule has 0 saturated heterocycles. The maximum Gasteiger partial charge on any atom is 0.264 e. The average molecular weight is 308 g/mol. The summed E-state index contributed by atoms with van der Waals surface area (Å²) in [5.41, 5.74) is -0.165. The van der Waals surface area contributed by atoms with Gasteiger partial charge in [-0.3, -0.25) is 4.79 Å². The van der Waals surface area contributed by atoms with Gasteiger partial charge in [-0.2, -0.15) is 0 Å². The van der Waals surface area contributed by atoms with Gasteiger partial charge in [0.2, 0.25) is 0 Å². The molecule has 1 rings (SSSR count). The third-order valence-electron chi connectivity index (χ3n) is 1.50. The zero-order valence-corrected chi connectivity index (χ0v) is 10.6. The van der Waals surface area contributed by atoms with Crippen molar-refractivity contribution < 1.29 is 13.2 Å². The predicted octanol–water partition coefficient (Wildman–Crippen LogP) is 3.30. The van der Waals surface area contributed by atoms with Crippen LogP contribution in [0.15, 0.2) is 17.0 Å². The summed E-state index contributed by atoms with van der Waals surface area (Å²) in [6, 6.07) is 2.39. The minimum atomic E-state index is -4.12. The second-order valence-corrected chi connectivity index (χ2v) is 6.08. The molecule has 82 valence electrons. The van der Waals surface area contributed by atoms with Crippen LogP contribution >= 0.6 is 45.5 Å². The highest BCUT2D eigenvalue weighted by Gasteiger charge is 2.23. The van der Waals surface area contributed by atoms with E-state index in [4.69, 9.17) is 45.5 Å². The Morgan fingerprint density at radius 2 is 1.73 bits per heavy atom. The smallest absolute Gasteiger partial charge is 0.264 e. The van der Waals surface area contributed by atoms with Gasteiger partial charge < -0.3 is 0 Å². The Morgan fingerprint density at radius 3 is 2.13 bits per heavy atom. The van der Waals surface area contributed by atoms with E-state index in [1.54, 1.807) is 0 Å². The van der Waals surface area contributed by atoms with Crippen molar-refractivity contribution in [1.29, 1.82) is 0 Å². The van der Waals surface area contributed by atoms with Crippen molar-refractivity contribution in [2.75, 3.05) is 0 Å². The lowest BCUT2D eigenvalue weighted by Gasteiger charge is -2.05. The normalized spacial score (nSPS) is 11.5. The maximum atomic E-state index is 11.1. The number of halogens is 4. The van der Waals surface area contributed by atoms with E-state index in [1.807, 2.05) is 0 Å². The molecule has 0 atom stereocenters. The largest absolute Gasteiger partial charge is 0.276 e. The molecule has 0 heterocycles. The van der Waals surface area contributed by atoms with Gasteiger partial charge in [0.1, 0.15) is 4.90 Å². The lowest BCUT2D eigenvalue weighted by molar-refractivity contribution is 0.108. The average Bonchev–Trinajstić information content (AvgIpc) is 2.00. The topological polar surface area (TPSA) is 51.2 Å². The summed E-state index contributed by atoms with van der Waals surface area (Å²) in [6.07, 6.45) is 0. The lowest BCUT2D eigenvalue weighted by Crippen LogP contribution is -1.99. The highest BCUT2D eigenvalue weighted by atomic mass is 35.7. The van der Waals surface area contributed by atoms with Crippen molar-refractivity contribution in [2.45, 2.75) is 4.90 Å². The number of benzene rings is 1. The van der Waals surface area contributed by atoms with Crippen LogP contribution in [-0.4, -0.2) is 13.7 Å². The van der Waals surface area contributed by atoms with Gasteiger partial charge in [0.15, 0.2) is 0 Å². The zero-order valence-electron chi connectivity index (χ0n) is 6.80. The minimum absolute atomic E-state index is 0.165. The standard InChI is InChI=1S/C7H2Cl4O3S/c8-4-2-1-3(7(10)12)5(9)6(4)15(11,13)14/h1-2H. The van der Waals surface area contributed by atoms with Gasteiger partial charge in [-0.05, 0) is 23.7 Å². The molecular weight excluding hydrogens is 306 g/mol. The molecule has 0 bridgehead atoms. The van der Waals surface area contributed by atoms with E-state index in [0.29, 0.717) is 0 Å². The molecule has 0 aliphatic heterocycles. The molecule has 0 amide bonds. The number of hydrogen-bond donors (Lipinski definition) is 0. The fraction of sp³-hybridized carbons (Fsp3) is 0. The molecule has 0 aromatic heterocycles. The molecule has 0 aliphatic carbocycles. The molecule has 8 heteroatoms. The highest BCUT2D eigenvalue weighted by Crippen LogP contribution is 2.34. The van der Waals surface area contributed by atoms with Crippen molar-refractivity contribution in [1.82, 2.24) is 0 Å². The monoisotopic (exact) mass is 306 g/mol. The van der Waals surface area contributed by atoms with Crippen molar-refractivity contribution >= 4 is 59.8 Å². The summed E-state index contributed by atoms with van der Waals surface area (Å²) in [5, 5.41) is -1.44. The Hall–Kier alpha value is -0.000000000000000167. The fourth-order valence-electron chi connectivity index (χ4n) is 0.908. The Labute approximate surface area is 105 Å². The summed E-state index contributed by atoms with van der Waals surface area (Å²) >= 11 is 16.4. The van der Waals surface area contributed by atoms with Crippen LogP contribution in [0.5, 0.6) is 0 Å². The highest BCUT2D eigenvalue weighted by molar-refractivity contribution is 8.14. The van der Waals surface area contributed by atoms with E-state index in [-0.39, 0.29) is 15.6 Å². The van der Waals surface area contributed by atoms with Crippen molar-refractivity contribution in [2.24, 2.45) is 0 Å². The first-order chi connectivity index (χ1) is 6.75. The van der Waals surface area contributed by atoms with Crippen LogP contribution < -0.4 is 0 Å². The SMILES string of the molecule is O=C(Cl)c1ccc(Cl)c(S(=O)(=O)Cl)c1Cl. The van der Waals surface area contributed by atoms with E-state index in [0.717, 1.165) is 0 Å². The summed E-state index contributed by atoms with van der Waals surface area (Å²) in [6.45, 7) is 0. The van der Waals surface area contributed by atoms with Gasteiger partial charge in [-0.25, -0.2) is 8.42 Å². The summed E-state index contributed by atoms with van der Waals surface area (Å²) in [5.74, 6) is 0. The van der Waals surface area contributed by atoms with E-state index in [1.165, 1.54) is 12.1 Å². The molecule has 0 N–H and O–H groups in total. The molecule has 0 unspecified atom stereocenters. The van der Waals surface area contributed by atoms with Gasteiger partial charge in [0, 0.05) is 10.7 Å². The van der Waals surface area contributed by atoms with Crippen LogP contribution in [0.25, 0.3) is 0 Å². The Morgan fingerprint density at radius 1 is 1.20 bits per heavy atom. The molecule has 3 nitrogen and oxygen atoms in total. The molecule has 0 fully saturated rings. The number of carbonyl (C=O) groups excluding carboxylic acids is 1. The molecule has 0 aliphatic rings. The van der Waals surface area contributed by atoms with Gasteiger partial charge in [-0.15, -0.1) is 0 Å². The van der Waals surface area contributed by atoms with E-state index in [9.17, 15) is 13.2 Å². The zero-order chi connectivity index (χ0) is 11.8. The van der Waals surface area contributed by atoms with Crippen LogP contribution in [0.3, 0.4) is 0 Å². The molecular formula is C7H2Cl4O3S. The van der Waals surface area contributed by atoms with Crippen molar-refractivity contribution in [3.05, 3.63) is 27.7 Å². The molecule has 1 aromatic carbocycles. The van der Waals surface area contributed by atoms with E-state index in [2.05, 4.69) is 0 Å². The maximum absolute atomic E-state index is 11.1. The second-order valence-electron chi connectivity index (χ2n) is 2.45. The van der Waals surface area contributed by atoms with Crippen LogP contribution in [0.1, 0.15) is 10.4 Å². The summed E-state index contributed by atoms with van der Waals surface area (Å²) in [7, 11) is 0.972. The van der Waals surface area contributed by atoms with E-state index < -0.39 is 19.2 Å². The minimum Gasteiger partial charge on any atom is -0.276 e. The van der Waals surface area contributed by atoms with Gasteiger partial charge in [-0.1, -0.05) is 23.2 Å². The number of carbonyl (C=O) groups is 1. The third kappa shape index (κ3) is 2.77. The quantitative estimate of drug-likeness (QED) is 0.788. The fourth-order valence-corrected chi connectivity index (χ4v) is 3.52. The molecule has 0 spiro atoms. The summed E-state index contributed by atoms with van der Waals surface area (Å²) < 4.78 is 22.2. The Kier molecular flexibility index (Phi) is 3.90. The molecule has 1 aromatic rings. The predicted molar refractivity (Wildman–Crippen MR) is 59.7 cm³/mol. The molecule has 0 saturated carbocycles. The Bertz CT molecular complexity index is 523. The first-order valence-electron chi connectivity index (χ1n) is 3.37. The first kappa shape index (κ1) is 13.1. The van der Waals surface area contributed by atoms with E-state index >= 15 is 0 Å². The first-order valence-corrected chi connectivity index (χ1v) is 6.82. The van der Waals surface area contributed by atoms with Gasteiger partial charge >= 0.3 is 0 Å². The number of rotatable bonds is 2. The van der Waals surface area contributed by atoms with Gasteiger partial charge in [0.05, 0.1) is 15.6 Å². The number of hydrogen-bond acceptors (Lipinski definition) is 3. The van der Waals surface area contributed by atoms with Crippen LogP contribution in [0, 0.1) is 0 Å². The Balaban J connectivity index is 3.66. The summed E-state index contributed by atoms with van der Waals surface area (Å²) in [4.78, 5) is 10.3.